The van der Waals surface area contributed by atoms with Gasteiger partial charge in [-0.2, -0.15) is 11.3 Å². The molecule has 0 bridgehead atoms. The van der Waals surface area contributed by atoms with Crippen LogP contribution < -0.4 is 5.32 Å². The molecule has 0 aliphatic heterocycles. The summed E-state index contributed by atoms with van der Waals surface area (Å²) in [7, 11) is 3.53. The molecule has 0 radical (unpaired) electrons. The number of amides is 1. The van der Waals surface area contributed by atoms with Crippen molar-refractivity contribution in [1.82, 2.24) is 4.90 Å². The molecule has 1 atom stereocenters. The van der Waals surface area contributed by atoms with Gasteiger partial charge in [-0.1, -0.05) is 12.1 Å². The van der Waals surface area contributed by atoms with E-state index in [-0.39, 0.29) is 11.9 Å². The van der Waals surface area contributed by atoms with Gasteiger partial charge in [0.2, 0.25) is 0 Å². The minimum absolute atomic E-state index is 0.0145. The van der Waals surface area contributed by atoms with Gasteiger partial charge in [-0.05, 0) is 41.4 Å². The molecule has 0 fully saturated rings. The van der Waals surface area contributed by atoms with E-state index in [9.17, 15) is 4.79 Å². The Labute approximate surface area is 117 Å². The second kappa shape index (κ2) is 5.89. The third-order valence-electron chi connectivity index (χ3n) is 2.98. The van der Waals surface area contributed by atoms with Crippen LogP contribution in [-0.2, 0) is 0 Å². The maximum absolute atomic E-state index is 12.1. The van der Waals surface area contributed by atoms with Gasteiger partial charge in [0.15, 0.2) is 0 Å². The Morgan fingerprint density at radius 1 is 1.26 bits per heavy atom. The van der Waals surface area contributed by atoms with Gasteiger partial charge in [0.25, 0.3) is 5.91 Å². The second-order valence-corrected chi connectivity index (χ2v) is 5.45. The van der Waals surface area contributed by atoms with Crippen LogP contribution in [-0.4, -0.2) is 24.9 Å². The number of carbonyl (C=O) groups excluding carboxylic acids is 1. The SMILES string of the molecule is CC(Nc1ccccc1C(=O)N(C)C)c1ccsc1. The van der Waals surface area contributed by atoms with Crippen LogP contribution in [0.4, 0.5) is 5.69 Å². The summed E-state index contributed by atoms with van der Waals surface area (Å²) in [5, 5.41) is 7.59. The van der Waals surface area contributed by atoms with E-state index in [1.165, 1.54) is 5.56 Å². The Morgan fingerprint density at radius 3 is 2.63 bits per heavy atom. The summed E-state index contributed by atoms with van der Waals surface area (Å²) in [6, 6.07) is 9.90. The van der Waals surface area contributed by atoms with Crippen LogP contribution in [0.2, 0.25) is 0 Å². The normalized spacial score (nSPS) is 11.9. The van der Waals surface area contributed by atoms with E-state index < -0.39 is 0 Å². The molecule has 0 aliphatic carbocycles. The van der Waals surface area contributed by atoms with E-state index in [0.717, 1.165) is 5.69 Å². The van der Waals surface area contributed by atoms with Crippen molar-refractivity contribution in [3.8, 4) is 0 Å². The molecule has 0 saturated heterocycles. The van der Waals surface area contributed by atoms with E-state index in [1.807, 2.05) is 24.3 Å². The van der Waals surface area contributed by atoms with Gasteiger partial charge in [0, 0.05) is 25.8 Å². The zero-order valence-electron chi connectivity index (χ0n) is 11.4. The summed E-state index contributed by atoms with van der Waals surface area (Å²) in [5.74, 6) is 0.0145. The molecule has 1 heterocycles. The molecule has 0 aliphatic rings. The molecule has 1 N–H and O–H groups in total. The van der Waals surface area contributed by atoms with Gasteiger partial charge in [-0.3, -0.25) is 4.79 Å². The summed E-state index contributed by atoms with van der Waals surface area (Å²) >= 11 is 1.68. The fourth-order valence-corrected chi connectivity index (χ4v) is 2.63. The van der Waals surface area contributed by atoms with Crippen molar-refractivity contribution in [3.63, 3.8) is 0 Å². The van der Waals surface area contributed by atoms with Crippen molar-refractivity contribution in [2.24, 2.45) is 0 Å². The van der Waals surface area contributed by atoms with Crippen LogP contribution in [0.15, 0.2) is 41.1 Å². The molecular formula is C15H18N2OS. The Kier molecular flexibility index (Phi) is 4.22. The van der Waals surface area contributed by atoms with Crippen LogP contribution in [0.1, 0.15) is 28.9 Å². The molecule has 0 saturated carbocycles. The van der Waals surface area contributed by atoms with Gasteiger partial charge in [0.1, 0.15) is 0 Å². The number of hydrogen-bond acceptors (Lipinski definition) is 3. The van der Waals surface area contributed by atoms with Gasteiger partial charge in [-0.15, -0.1) is 0 Å². The van der Waals surface area contributed by atoms with Crippen molar-refractivity contribution >= 4 is 22.9 Å². The average molecular weight is 274 g/mol. The monoisotopic (exact) mass is 274 g/mol. The standard InChI is InChI=1S/C15H18N2OS/c1-11(12-8-9-19-10-12)16-14-7-5-4-6-13(14)15(18)17(2)3/h4-11,16H,1-3H3. The lowest BCUT2D eigenvalue weighted by atomic mass is 10.1. The van der Waals surface area contributed by atoms with Crippen LogP contribution in [0, 0.1) is 0 Å². The van der Waals surface area contributed by atoms with Crippen molar-refractivity contribution in [1.29, 1.82) is 0 Å². The second-order valence-electron chi connectivity index (χ2n) is 4.67. The number of benzene rings is 1. The lowest BCUT2D eigenvalue weighted by Gasteiger charge is -2.19. The molecule has 4 heteroatoms. The number of para-hydroxylation sites is 1. The molecule has 1 amide bonds. The van der Waals surface area contributed by atoms with Crippen molar-refractivity contribution in [2.75, 3.05) is 19.4 Å². The largest absolute Gasteiger partial charge is 0.378 e. The molecule has 0 spiro atoms. The number of carbonyl (C=O) groups is 1. The van der Waals surface area contributed by atoms with Gasteiger partial charge in [0.05, 0.1) is 5.56 Å². The highest BCUT2D eigenvalue weighted by Gasteiger charge is 2.14. The number of rotatable bonds is 4. The Balaban J connectivity index is 2.23. The van der Waals surface area contributed by atoms with E-state index in [2.05, 4.69) is 29.1 Å². The molecule has 3 nitrogen and oxygen atoms in total. The molecule has 2 aromatic rings. The van der Waals surface area contributed by atoms with E-state index in [0.29, 0.717) is 5.56 Å². The van der Waals surface area contributed by atoms with E-state index >= 15 is 0 Å². The molecule has 1 aromatic carbocycles. The predicted octanol–water partition coefficient (Wildman–Crippen LogP) is 3.62. The molecule has 19 heavy (non-hydrogen) atoms. The number of nitrogens with zero attached hydrogens (tertiary/aromatic N) is 1. The first-order valence-electron chi connectivity index (χ1n) is 6.19. The Hall–Kier alpha value is -1.81. The Morgan fingerprint density at radius 2 is 2.00 bits per heavy atom. The number of nitrogens with one attached hydrogen (secondary N) is 1. The highest BCUT2D eigenvalue weighted by molar-refractivity contribution is 7.07. The summed E-state index contributed by atoms with van der Waals surface area (Å²) in [5.41, 5.74) is 2.81. The van der Waals surface area contributed by atoms with Gasteiger partial charge in [-0.25, -0.2) is 0 Å². The molecule has 2 rings (SSSR count). The zero-order valence-corrected chi connectivity index (χ0v) is 12.2. The quantitative estimate of drug-likeness (QED) is 0.923. The topological polar surface area (TPSA) is 32.3 Å². The lowest BCUT2D eigenvalue weighted by molar-refractivity contribution is 0.0828. The lowest BCUT2D eigenvalue weighted by Crippen LogP contribution is -2.23. The number of hydrogen-bond donors (Lipinski definition) is 1. The smallest absolute Gasteiger partial charge is 0.255 e. The number of anilines is 1. The first-order valence-corrected chi connectivity index (χ1v) is 7.13. The summed E-state index contributed by atoms with van der Waals surface area (Å²) in [6.07, 6.45) is 0. The number of thiophene rings is 1. The van der Waals surface area contributed by atoms with Crippen molar-refractivity contribution in [3.05, 3.63) is 52.2 Å². The minimum Gasteiger partial charge on any atom is -0.378 e. The van der Waals surface area contributed by atoms with E-state index in [1.54, 1.807) is 30.3 Å². The van der Waals surface area contributed by atoms with Crippen LogP contribution in [0.25, 0.3) is 0 Å². The van der Waals surface area contributed by atoms with Gasteiger partial charge < -0.3 is 10.2 Å². The summed E-state index contributed by atoms with van der Waals surface area (Å²) < 4.78 is 0. The molecule has 100 valence electrons. The highest BCUT2D eigenvalue weighted by Crippen LogP contribution is 2.24. The first kappa shape index (κ1) is 13.6. The van der Waals surface area contributed by atoms with Crippen LogP contribution >= 0.6 is 11.3 Å². The average Bonchev–Trinajstić information content (AvgIpc) is 2.92. The van der Waals surface area contributed by atoms with E-state index in [4.69, 9.17) is 0 Å². The molecule has 1 unspecified atom stereocenters. The minimum atomic E-state index is 0.0145. The van der Waals surface area contributed by atoms with Crippen LogP contribution in [0.5, 0.6) is 0 Å². The molecular weight excluding hydrogens is 256 g/mol. The van der Waals surface area contributed by atoms with Crippen molar-refractivity contribution < 1.29 is 4.79 Å². The third kappa shape index (κ3) is 3.15. The maximum Gasteiger partial charge on any atom is 0.255 e. The first-order chi connectivity index (χ1) is 9.09. The summed E-state index contributed by atoms with van der Waals surface area (Å²) in [4.78, 5) is 13.7. The molecule has 1 aromatic heterocycles. The van der Waals surface area contributed by atoms with Crippen molar-refractivity contribution in [2.45, 2.75) is 13.0 Å². The zero-order chi connectivity index (χ0) is 13.8. The fourth-order valence-electron chi connectivity index (χ4n) is 1.87. The summed E-state index contributed by atoms with van der Waals surface area (Å²) in [6.45, 7) is 2.10. The van der Waals surface area contributed by atoms with Gasteiger partial charge >= 0.3 is 0 Å². The Bertz CT molecular complexity index is 549. The van der Waals surface area contributed by atoms with Crippen LogP contribution in [0.3, 0.4) is 0 Å². The highest BCUT2D eigenvalue weighted by atomic mass is 32.1. The maximum atomic E-state index is 12.1. The fraction of sp³-hybridized carbons (Fsp3) is 0.267. The predicted molar refractivity (Wildman–Crippen MR) is 80.8 cm³/mol. The third-order valence-corrected chi connectivity index (χ3v) is 3.68.